The fourth-order valence-corrected chi connectivity index (χ4v) is 7.67. The second-order valence-corrected chi connectivity index (χ2v) is 12.6. The number of ether oxygens (including phenoxy) is 1. The minimum absolute atomic E-state index is 0.0554. The highest BCUT2D eigenvalue weighted by Crippen LogP contribution is 2.42. The van der Waals surface area contributed by atoms with Gasteiger partial charge in [0.25, 0.3) is 0 Å². The van der Waals surface area contributed by atoms with E-state index in [2.05, 4.69) is 21.4 Å². The van der Waals surface area contributed by atoms with Crippen LogP contribution in [-0.2, 0) is 4.79 Å². The van der Waals surface area contributed by atoms with E-state index >= 15 is 4.39 Å². The van der Waals surface area contributed by atoms with Gasteiger partial charge in [-0.2, -0.15) is 9.97 Å². The molecule has 3 atom stereocenters. The van der Waals surface area contributed by atoms with Gasteiger partial charge in [0.2, 0.25) is 5.91 Å². The largest absolute Gasteiger partial charge is 0.461 e. The molecule has 7 nitrogen and oxygen atoms in total. The Morgan fingerprint density at radius 1 is 1.11 bits per heavy atom. The van der Waals surface area contributed by atoms with Gasteiger partial charge in [-0.05, 0) is 55.5 Å². The maximum Gasteiger partial charge on any atom is 0.319 e. The van der Waals surface area contributed by atoms with Crippen molar-refractivity contribution in [2.45, 2.75) is 43.9 Å². The van der Waals surface area contributed by atoms with E-state index in [1.165, 1.54) is 6.08 Å². The van der Waals surface area contributed by atoms with Crippen LogP contribution in [0, 0.1) is 5.82 Å². The number of fused-ring (bicyclic) bond motifs is 3. The lowest BCUT2D eigenvalue weighted by atomic mass is 9.95. The van der Waals surface area contributed by atoms with Crippen LogP contribution < -0.4 is 9.64 Å². The predicted octanol–water partition coefficient (Wildman–Crippen LogP) is 6.42. The molecule has 44 heavy (non-hydrogen) atoms. The molecule has 0 spiro atoms. The molecule has 0 bridgehead atoms. The molecule has 3 aliphatic rings. The Balaban J connectivity index is 1.33. The first kappa shape index (κ1) is 28.9. The summed E-state index contributed by atoms with van der Waals surface area (Å²) in [6, 6.07) is 14.9. The summed E-state index contributed by atoms with van der Waals surface area (Å²) in [6.45, 7) is 8.54. The summed E-state index contributed by atoms with van der Waals surface area (Å²) in [5, 5.41) is 2.75. The second kappa shape index (κ2) is 11.3. The molecule has 4 heterocycles. The Hall–Kier alpha value is -3.82. The van der Waals surface area contributed by atoms with Gasteiger partial charge in [-0.15, -0.1) is 0 Å². The number of alkyl halides is 1. The zero-order valence-electron chi connectivity index (χ0n) is 24.6. The van der Waals surface area contributed by atoms with E-state index in [4.69, 9.17) is 21.3 Å². The molecule has 1 amide bonds. The van der Waals surface area contributed by atoms with E-state index in [0.29, 0.717) is 60.0 Å². The number of carbonyl (C=O) groups excluding carboxylic acids is 1. The molecule has 228 valence electrons. The second-order valence-electron chi connectivity index (χ2n) is 12.2. The average molecular weight is 618 g/mol. The molecule has 3 fully saturated rings. The summed E-state index contributed by atoms with van der Waals surface area (Å²) >= 11 is 6.61. The quantitative estimate of drug-likeness (QED) is 0.233. The molecule has 1 aromatic heterocycles. The van der Waals surface area contributed by atoms with Gasteiger partial charge in [-0.25, -0.2) is 8.78 Å². The lowest BCUT2D eigenvalue weighted by Gasteiger charge is -2.40. The van der Waals surface area contributed by atoms with Crippen LogP contribution in [0.3, 0.4) is 0 Å². The van der Waals surface area contributed by atoms with Crippen LogP contribution in [0.15, 0.2) is 61.2 Å². The molecule has 0 aliphatic carbocycles. The first-order valence-corrected chi connectivity index (χ1v) is 15.5. The predicted molar refractivity (Wildman–Crippen MR) is 170 cm³/mol. The van der Waals surface area contributed by atoms with Crippen LogP contribution in [-0.4, -0.2) is 82.8 Å². The molecule has 0 saturated carbocycles. The first-order chi connectivity index (χ1) is 21.3. The molecular weight excluding hydrogens is 584 g/mol. The van der Waals surface area contributed by atoms with Crippen molar-refractivity contribution in [2.75, 3.05) is 44.2 Å². The number of hydrogen-bond donors (Lipinski definition) is 0. The van der Waals surface area contributed by atoms with Gasteiger partial charge >= 0.3 is 6.01 Å². The number of anilines is 1. The molecule has 3 aromatic carbocycles. The minimum atomic E-state index is -0.894. The van der Waals surface area contributed by atoms with Crippen LogP contribution in [0.2, 0.25) is 5.02 Å². The van der Waals surface area contributed by atoms with Gasteiger partial charge in [0.15, 0.2) is 5.82 Å². The van der Waals surface area contributed by atoms with Gasteiger partial charge in [0.1, 0.15) is 24.1 Å². The SMILES string of the molecule is C=CC(=O)N1CCN(c2nc(OC[C@@]34CCCN3C[C@H](F)C4)nc3c(F)c(-c4cccc5cccc(Cl)c45)ccc23)[C@@H](C)C1. The van der Waals surface area contributed by atoms with Crippen LogP contribution >= 0.6 is 11.6 Å². The normalized spacial score (nSPS) is 23.8. The number of carbonyl (C=O) groups is 1. The fraction of sp³-hybridized carbons (Fsp3) is 0.382. The van der Waals surface area contributed by atoms with E-state index in [1.54, 1.807) is 17.0 Å². The van der Waals surface area contributed by atoms with Crippen molar-refractivity contribution >= 4 is 45.0 Å². The van der Waals surface area contributed by atoms with Gasteiger partial charge in [0.05, 0.1) is 5.54 Å². The van der Waals surface area contributed by atoms with Crippen LogP contribution in [0.1, 0.15) is 26.2 Å². The third-order valence-electron chi connectivity index (χ3n) is 9.53. The van der Waals surface area contributed by atoms with Crippen LogP contribution in [0.5, 0.6) is 6.01 Å². The van der Waals surface area contributed by atoms with E-state index in [-0.39, 0.29) is 30.1 Å². The van der Waals surface area contributed by atoms with Gasteiger partial charge in [0, 0.05) is 60.0 Å². The Morgan fingerprint density at radius 3 is 2.73 bits per heavy atom. The van der Waals surface area contributed by atoms with Crippen LogP contribution in [0.4, 0.5) is 14.6 Å². The summed E-state index contributed by atoms with van der Waals surface area (Å²) in [5.74, 6) is -0.0809. The molecule has 0 unspecified atom stereocenters. The van der Waals surface area contributed by atoms with Gasteiger partial charge in [-0.1, -0.05) is 54.6 Å². The summed E-state index contributed by atoms with van der Waals surface area (Å²) in [7, 11) is 0. The molecular formula is C34H34ClF2N5O2. The third-order valence-corrected chi connectivity index (χ3v) is 9.84. The smallest absolute Gasteiger partial charge is 0.319 e. The molecule has 0 N–H and O–H groups in total. The maximum absolute atomic E-state index is 16.7. The Labute approximate surface area is 260 Å². The van der Waals surface area contributed by atoms with E-state index in [1.807, 2.05) is 43.3 Å². The highest BCUT2D eigenvalue weighted by Gasteiger charge is 2.49. The van der Waals surface area contributed by atoms with Crippen molar-refractivity contribution < 1.29 is 18.3 Å². The lowest BCUT2D eigenvalue weighted by Crippen LogP contribution is -2.53. The number of aromatic nitrogens is 2. The monoisotopic (exact) mass is 617 g/mol. The van der Waals surface area contributed by atoms with Gasteiger partial charge < -0.3 is 14.5 Å². The molecule has 0 radical (unpaired) electrons. The van der Waals surface area contributed by atoms with Crippen molar-refractivity contribution in [3.63, 3.8) is 0 Å². The van der Waals surface area contributed by atoms with Crippen molar-refractivity contribution in [1.82, 2.24) is 19.8 Å². The number of nitrogens with zero attached hydrogens (tertiary/aromatic N) is 5. The number of rotatable bonds is 6. The zero-order chi connectivity index (χ0) is 30.6. The van der Waals surface area contributed by atoms with Gasteiger partial charge in [-0.3, -0.25) is 9.69 Å². The molecule has 3 saturated heterocycles. The first-order valence-electron chi connectivity index (χ1n) is 15.2. The Kier molecular flexibility index (Phi) is 7.41. The van der Waals surface area contributed by atoms with Crippen molar-refractivity contribution in [2.24, 2.45) is 0 Å². The molecule has 10 heteroatoms. The summed E-state index contributed by atoms with van der Waals surface area (Å²) in [6.07, 6.45) is 2.65. The summed E-state index contributed by atoms with van der Waals surface area (Å²) in [4.78, 5) is 27.8. The standard InChI is InChI=1S/C34H34ClF2N5O2/c1-3-28(43)40-15-16-42(21(2)18-40)32-26-12-11-25(24-9-4-7-22-8-5-10-27(35)29(22)24)30(37)31(26)38-33(39-32)44-20-34-13-6-14-41(34)19-23(36)17-34/h3-5,7-12,21,23H,1,6,13-20H2,2H3/t21-,23+,34-/m0/s1. The number of piperazine rings is 1. The third kappa shape index (κ3) is 4.86. The highest BCUT2D eigenvalue weighted by atomic mass is 35.5. The van der Waals surface area contributed by atoms with Crippen LogP contribution in [0.25, 0.3) is 32.8 Å². The maximum atomic E-state index is 16.7. The fourth-order valence-electron chi connectivity index (χ4n) is 7.39. The van der Waals surface area contributed by atoms with E-state index in [0.717, 1.165) is 30.2 Å². The lowest BCUT2D eigenvalue weighted by molar-refractivity contribution is -0.126. The van der Waals surface area contributed by atoms with Crippen molar-refractivity contribution in [1.29, 1.82) is 0 Å². The summed E-state index contributed by atoms with van der Waals surface area (Å²) < 4.78 is 37.4. The van der Waals surface area contributed by atoms with E-state index in [9.17, 15) is 9.18 Å². The number of hydrogen-bond acceptors (Lipinski definition) is 6. The van der Waals surface area contributed by atoms with Crippen molar-refractivity contribution in [3.05, 3.63) is 72.0 Å². The Morgan fingerprint density at radius 2 is 1.93 bits per heavy atom. The number of benzene rings is 3. The molecule has 4 aromatic rings. The van der Waals surface area contributed by atoms with E-state index < -0.39 is 17.5 Å². The average Bonchev–Trinajstić information content (AvgIpc) is 3.55. The summed E-state index contributed by atoms with van der Waals surface area (Å²) in [5.41, 5.74) is 0.777. The molecule has 7 rings (SSSR count). The zero-order valence-corrected chi connectivity index (χ0v) is 25.4. The molecule has 3 aliphatic heterocycles. The van der Waals surface area contributed by atoms with Crippen molar-refractivity contribution in [3.8, 4) is 17.1 Å². The number of halogens is 3. The highest BCUT2D eigenvalue weighted by molar-refractivity contribution is 6.36. The Bertz CT molecular complexity index is 1780. The number of amides is 1. The minimum Gasteiger partial charge on any atom is -0.461 e. The topological polar surface area (TPSA) is 61.8 Å².